The minimum absolute atomic E-state index is 0.0948. The molecule has 3 rings (SSSR count). The molecule has 1 atom stereocenters. The minimum atomic E-state index is -0.293. The van der Waals surface area contributed by atoms with E-state index in [1.54, 1.807) is 11.9 Å². The zero-order valence-corrected chi connectivity index (χ0v) is 21.5. The highest BCUT2D eigenvalue weighted by atomic mass is 16.2. The Morgan fingerprint density at radius 3 is 2.56 bits per heavy atom. The van der Waals surface area contributed by atoms with E-state index >= 15 is 0 Å². The van der Waals surface area contributed by atoms with Gasteiger partial charge in [0.25, 0.3) is 5.91 Å². The lowest BCUT2D eigenvalue weighted by Crippen LogP contribution is -2.32. The number of amidine groups is 1. The Morgan fingerprint density at radius 2 is 2.00 bits per heavy atom. The fourth-order valence-corrected chi connectivity index (χ4v) is 4.09. The van der Waals surface area contributed by atoms with Crippen LogP contribution in [0, 0.1) is 0 Å². The fourth-order valence-electron chi connectivity index (χ4n) is 4.09. The van der Waals surface area contributed by atoms with Crippen molar-refractivity contribution in [2.75, 3.05) is 30.4 Å². The van der Waals surface area contributed by atoms with Crippen molar-refractivity contribution in [1.29, 1.82) is 0 Å². The summed E-state index contributed by atoms with van der Waals surface area (Å²) in [7, 11) is 3.72. The number of hydrogen-bond acceptors (Lipinski definition) is 6. The summed E-state index contributed by atoms with van der Waals surface area (Å²) in [4.78, 5) is 33.5. The molecular weight excluding hydrogens is 426 g/mol. The third-order valence-electron chi connectivity index (χ3n) is 6.12. The topological polar surface area (TPSA) is 91.0 Å². The van der Waals surface area contributed by atoms with Gasteiger partial charge in [0.05, 0.1) is 17.8 Å². The number of allylic oxidation sites excluding steroid dienone is 1. The Hall–Kier alpha value is -3.26. The normalized spacial score (nSPS) is 14.4. The van der Waals surface area contributed by atoms with E-state index in [9.17, 15) is 4.79 Å². The molecule has 2 aromatic heterocycles. The van der Waals surface area contributed by atoms with Crippen LogP contribution in [0.4, 0.5) is 11.6 Å². The number of anilines is 2. The maximum Gasteiger partial charge on any atom is 0.260 e. The second-order valence-electron chi connectivity index (χ2n) is 9.09. The fraction of sp³-hybridized carbons (Fsp3) is 0.462. The van der Waals surface area contributed by atoms with Crippen molar-refractivity contribution >= 4 is 23.4 Å². The number of aliphatic imine (C=N–C) groups is 1. The highest BCUT2D eigenvalue weighted by Crippen LogP contribution is 2.33. The zero-order chi connectivity index (χ0) is 25.2. The predicted octanol–water partition coefficient (Wildman–Crippen LogP) is 4.12. The second-order valence-corrected chi connectivity index (χ2v) is 9.09. The number of carbonyl (C=O) groups is 1. The summed E-state index contributed by atoms with van der Waals surface area (Å²) in [5, 5.41) is 0. The van der Waals surface area contributed by atoms with E-state index < -0.39 is 0 Å². The molecule has 1 aliphatic heterocycles. The van der Waals surface area contributed by atoms with Crippen molar-refractivity contribution in [2.24, 2.45) is 10.7 Å². The van der Waals surface area contributed by atoms with Gasteiger partial charge in [-0.05, 0) is 52.3 Å². The standard InChI is InChI=1S/C26H37N7O/c1-9-13-32(17(4)5)25(28-7)21-11-10-12-22(29-21)33-15-20-19(26(33)34)14-23(31(8)16(2)3)30-24(20)18(6)27/h10-12,14,16,18H,4,9,13,15,27H2,1-3,5-8H3/t18-/m0/s1. The van der Waals surface area contributed by atoms with Crippen molar-refractivity contribution in [3.63, 3.8) is 0 Å². The van der Waals surface area contributed by atoms with Gasteiger partial charge in [0.15, 0.2) is 5.84 Å². The van der Waals surface area contributed by atoms with Gasteiger partial charge in [-0.2, -0.15) is 0 Å². The van der Waals surface area contributed by atoms with Crippen LogP contribution in [0.1, 0.15) is 74.4 Å². The average molecular weight is 464 g/mol. The Labute approximate surface area is 203 Å². The van der Waals surface area contributed by atoms with E-state index in [2.05, 4.69) is 37.2 Å². The predicted molar refractivity (Wildman–Crippen MR) is 139 cm³/mol. The molecule has 2 N–H and O–H groups in total. The largest absolute Gasteiger partial charge is 0.357 e. The smallest absolute Gasteiger partial charge is 0.260 e. The van der Waals surface area contributed by atoms with Gasteiger partial charge in [-0.1, -0.05) is 19.6 Å². The van der Waals surface area contributed by atoms with Crippen molar-refractivity contribution in [1.82, 2.24) is 14.9 Å². The van der Waals surface area contributed by atoms with Crippen LogP contribution in [0.2, 0.25) is 0 Å². The van der Waals surface area contributed by atoms with Crippen molar-refractivity contribution in [2.45, 2.75) is 59.7 Å². The van der Waals surface area contributed by atoms with Crippen molar-refractivity contribution < 1.29 is 4.79 Å². The van der Waals surface area contributed by atoms with Crippen LogP contribution in [0.15, 0.2) is 41.5 Å². The number of nitrogens with two attached hydrogens (primary N) is 1. The number of amides is 1. The molecular formula is C26H37N7O. The minimum Gasteiger partial charge on any atom is -0.357 e. The van der Waals surface area contributed by atoms with Gasteiger partial charge in [-0.3, -0.25) is 14.7 Å². The van der Waals surface area contributed by atoms with E-state index in [4.69, 9.17) is 15.7 Å². The summed E-state index contributed by atoms with van der Waals surface area (Å²) >= 11 is 0. The average Bonchev–Trinajstić information content (AvgIpc) is 3.14. The molecule has 0 radical (unpaired) electrons. The molecule has 2 aromatic rings. The molecule has 0 saturated heterocycles. The molecule has 0 unspecified atom stereocenters. The van der Waals surface area contributed by atoms with E-state index in [1.807, 2.05) is 50.1 Å². The van der Waals surface area contributed by atoms with Gasteiger partial charge in [-0.15, -0.1) is 0 Å². The number of hydrogen-bond donors (Lipinski definition) is 1. The first-order valence-corrected chi connectivity index (χ1v) is 11.8. The van der Waals surface area contributed by atoms with E-state index in [0.717, 1.165) is 41.6 Å². The molecule has 8 heteroatoms. The Balaban J connectivity index is 2.03. The molecule has 0 bridgehead atoms. The molecule has 0 spiro atoms. The van der Waals surface area contributed by atoms with Crippen LogP contribution in [0.5, 0.6) is 0 Å². The first-order chi connectivity index (χ1) is 16.1. The number of pyridine rings is 2. The highest BCUT2D eigenvalue weighted by Gasteiger charge is 2.34. The van der Waals surface area contributed by atoms with Gasteiger partial charge >= 0.3 is 0 Å². The quantitative estimate of drug-likeness (QED) is 0.468. The maximum absolute atomic E-state index is 13.6. The monoisotopic (exact) mass is 463 g/mol. The molecule has 8 nitrogen and oxygen atoms in total. The van der Waals surface area contributed by atoms with Crippen molar-refractivity contribution in [3.8, 4) is 0 Å². The molecule has 1 aliphatic rings. The summed E-state index contributed by atoms with van der Waals surface area (Å²) in [5.74, 6) is 1.96. The molecule has 1 amide bonds. The highest BCUT2D eigenvalue weighted by molar-refractivity contribution is 6.10. The molecule has 0 aromatic carbocycles. The molecule has 182 valence electrons. The number of carbonyl (C=O) groups excluding carboxylic acids is 1. The van der Waals surface area contributed by atoms with E-state index in [0.29, 0.717) is 23.6 Å². The molecule has 0 saturated carbocycles. The van der Waals surface area contributed by atoms with Gasteiger partial charge in [0.2, 0.25) is 0 Å². The first-order valence-electron chi connectivity index (χ1n) is 11.8. The molecule has 34 heavy (non-hydrogen) atoms. The second kappa shape index (κ2) is 10.3. The molecule has 0 fully saturated rings. The maximum atomic E-state index is 13.6. The number of aromatic nitrogens is 2. The third-order valence-corrected chi connectivity index (χ3v) is 6.12. The lowest BCUT2D eigenvalue weighted by Gasteiger charge is -2.26. The molecule has 3 heterocycles. The van der Waals surface area contributed by atoms with Crippen LogP contribution in [0.3, 0.4) is 0 Å². The van der Waals surface area contributed by atoms with E-state index in [-0.39, 0.29) is 18.0 Å². The summed E-state index contributed by atoms with van der Waals surface area (Å²) in [5.41, 5.74) is 10.1. The first kappa shape index (κ1) is 25.4. The number of rotatable bonds is 8. The number of fused-ring (bicyclic) bond motifs is 1. The Morgan fingerprint density at radius 1 is 1.29 bits per heavy atom. The molecule has 0 aliphatic carbocycles. The van der Waals surface area contributed by atoms with Crippen molar-refractivity contribution in [3.05, 3.63) is 59.1 Å². The van der Waals surface area contributed by atoms with Crippen LogP contribution in [-0.2, 0) is 6.54 Å². The van der Waals surface area contributed by atoms with Gasteiger partial charge in [0, 0.05) is 44.0 Å². The van der Waals surface area contributed by atoms with Gasteiger partial charge < -0.3 is 15.5 Å². The lowest BCUT2D eigenvalue weighted by molar-refractivity contribution is 0.0996. The third kappa shape index (κ3) is 4.82. The van der Waals surface area contributed by atoms with Crippen LogP contribution in [-0.4, -0.2) is 53.3 Å². The van der Waals surface area contributed by atoms with Crippen LogP contribution < -0.4 is 15.5 Å². The summed E-state index contributed by atoms with van der Waals surface area (Å²) < 4.78 is 0. The van der Waals surface area contributed by atoms with Crippen LogP contribution >= 0.6 is 0 Å². The summed E-state index contributed by atoms with van der Waals surface area (Å²) in [6.45, 7) is 15.4. The number of nitrogens with zero attached hydrogens (tertiary/aromatic N) is 6. The lowest BCUT2D eigenvalue weighted by atomic mass is 10.0. The van der Waals surface area contributed by atoms with Gasteiger partial charge in [0.1, 0.15) is 17.3 Å². The van der Waals surface area contributed by atoms with E-state index in [1.165, 1.54) is 0 Å². The van der Waals surface area contributed by atoms with Crippen LogP contribution in [0.25, 0.3) is 0 Å². The summed E-state index contributed by atoms with van der Waals surface area (Å²) in [6.07, 6.45) is 0.950. The summed E-state index contributed by atoms with van der Waals surface area (Å²) in [6, 6.07) is 7.49. The zero-order valence-electron chi connectivity index (χ0n) is 21.5. The SMILES string of the molecule is C=C(C)N(CCC)C(=NC)c1cccc(N2Cc3c(cc(N(C)C(C)C)nc3[C@H](C)N)C2=O)n1. The Bertz CT molecular complexity index is 1110. The van der Waals surface area contributed by atoms with Gasteiger partial charge in [-0.25, -0.2) is 9.97 Å². The Kier molecular flexibility index (Phi) is 7.71.